The summed E-state index contributed by atoms with van der Waals surface area (Å²) in [4.78, 5) is 35.7. The molecule has 0 fully saturated rings. The molecule has 0 aliphatic rings. The first-order valence-electron chi connectivity index (χ1n) is 30.8. The van der Waals surface area contributed by atoms with Crippen molar-refractivity contribution in [2.75, 3.05) is 47.5 Å². The first-order chi connectivity index (χ1) is 37.5. The van der Waals surface area contributed by atoms with Crippen molar-refractivity contribution in [3.8, 4) is 0 Å². The molecule has 10 heteroatoms. The summed E-state index contributed by atoms with van der Waals surface area (Å²) >= 11 is 0. The van der Waals surface area contributed by atoms with Gasteiger partial charge in [-0.3, -0.25) is 18.6 Å². The minimum absolute atomic E-state index is 0.0240. The van der Waals surface area contributed by atoms with Gasteiger partial charge in [0.2, 0.25) is 0 Å². The molecule has 0 aromatic rings. The van der Waals surface area contributed by atoms with E-state index in [2.05, 4.69) is 135 Å². The van der Waals surface area contributed by atoms with Gasteiger partial charge in [-0.05, 0) is 109 Å². The molecule has 440 valence electrons. The number of likely N-dealkylation sites (N-methyl/N-ethyl adjacent to an activating group) is 1. The summed E-state index contributed by atoms with van der Waals surface area (Å²) in [5, 5.41) is 0. The number of nitrogens with zero attached hydrogens (tertiary/aromatic N) is 1. The molecule has 0 bridgehead atoms. The van der Waals surface area contributed by atoms with Gasteiger partial charge in [-0.2, -0.15) is 0 Å². The molecule has 0 aliphatic carbocycles. The number of esters is 2. The van der Waals surface area contributed by atoms with Crippen molar-refractivity contribution < 1.29 is 42.1 Å². The summed E-state index contributed by atoms with van der Waals surface area (Å²) < 4.78 is 34.5. The first-order valence-corrected chi connectivity index (χ1v) is 32.3. The van der Waals surface area contributed by atoms with Crippen LogP contribution in [0.5, 0.6) is 0 Å². The summed E-state index contributed by atoms with van der Waals surface area (Å²) in [7, 11) is 1.46. The van der Waals surface area contributed by atoms with Crippen molar-refractivity contribution in [3.63, 3.8) is 0 Å². The van der Waals surface area contributed by atoms with Gasteiger partial charge >= 0.3 is 19.8 Å². The SMILES string of the molecule is CC/C=C\C/C=C\C/C=C\C/C=C\C/C=C\C/C=C\C/C=C\C/C=C\C/C=C\CCCCCCCCCCCC(=O)OC(COC(=O)CCCCCCC/C=C\CCCCCCCCC)COP(=O)(O)OCC[N+](C)(C)C. The fraction of sp³-hybridized carbons (Fsp3) is 0.672. The molecule has 0 saturated carbocycles. The van der Waals surface area contributed by atoms with E-state index in [0.29, 0.717) is 17.4 Å². The molecule has 0 heterocycles. The molecule has 0 amide bonds. The van der Waals surface area contributed by atoms with Crippen molar-refractivity contribution in [3.05, 3.63) is 122 Å². The van der Waals surface area contributed by atoms with Crippen molar-refractivity contribution in [2.24, 2.45) is 0 Å². The quantitative estimate of drug-likeness (QED) is 0.0211. The number of rotatable bonds is 55. The predicted octanol–water partition coefficient (Wildman–Crippen LogP) is 19.5. The minimum atomic E-state index is -4.40. The van der Waals surface area contributed by atoms with Gasteiger partial charge in [-0.25, -0.2) is 4.57 Å². The van der Waals surface area contributed by atoms with E-state index in [-0.39, 0.29) is 32.0 Å². The van der Waals surface area contributed by atoms with Crippen molar-refractivity contribution in [1.29, 1.82) is 0 Å². The number of quaternary nitrogens is 1. The van der Waals surface area contributed by atoms with Crippen LogP contribution in [0.2, 0.25) is 0 Å². The van der Waals surface area contributed by atoms with Crippen molar-refractivity contribution in [2.45, 2.75) is 245 Å². The Morgan fingerprint density at radius 1 is 0.416 bits per heavy atom. The lowest BCUT2D eigenvalue weighted by Gasteiger charge is -2.24. The monoisotopic (exact) mass is 1090 g/mol. The summed E-state index contributed by atoms with van der Waals surface area (Å²) in [6, 6.07) is 0. The Balaban J connectivity index is 4.14. The van der Waals surface area contributed by atoms with E-state index in [1.165, 1.54) is 83.5 Å². The van der Waals surface area contributed by atoms with Gasteiger partial charge in [0.25, 0.3) is 0 Å². The fourth-order valence-corrected chi connectivity index (χ4v) is 8.74. The maximum Gasteiger partial charge on any atom is 0.472 e. The predicted molar refractivity (Wildman–Crippen MR) is 330 cm³/mol. The van der Waals surface area contributed by atoms with Crippen molar-refractivity contribution >= 4 is 19.8 Å². The molecule has 2 unspecified atom stereocenters. The van der Waals surface area contributed by atoms with Gasteiger partial charge in [0.15, 0.2) is 6.10 Å². The van der Waals surface area contributed by atoms with Crippen LogP contribution in [0.25, 0.3) is 0 Å². The number of allylic oxidation sites excluding steroid dienone is 20. The molecule has 0 radical (unpaired) electrons. The van der Waals surface area contributed by atoms with Crippen LogP contribution in [0.4, 0.5) is 0 Å². The van der Waals surface area contributed by atoms with Gasteiger partial charge in [-0.1, -0.05) is 238 Å². The lowest BCUT2D eigenvalue weighted by molar-refractivity contribution is -0.870. The maximum atomic E-state index is 12.8. The third-order valence-electron chi connectivity index (χ3n) is 12.7. The lowest BCUT2D eigenvalue weighted by Crippen LogP contribution is -2.37. The van der Waals surface area contributed by atoms with E-state index < -0.39 is 26.5 Å². The zero-order chi connectivity index (χ0) is 56.3. The lowest BCUT2D eigenvalue weighted by atomic mass is 10.1. The summed E-state index contributed by atoms with van der Waals surface area (Å²) in [5.41, 5.74) is 0. The molecule has 77 heavy (non-hydrogen) atoms. The largest absolute Gasteiger partial charge is 0.472 e. The van der Waals surface area contributed by atoms with Crippen LogP contribution in [-0.2, 0) is 32.7 Å². The van der Waals surface area contributed by atoms with Crippen LogP contribution < -0.4 is 0 Å². The number of unbranched alkanes of at least 4 members (excludes halogenated alkanes) is 21. The van der Waals surface area contributed by atoms with Crippen LogP contribution in [0.1, 0.15) is 239 Å². The normalized spacial score (nSPS) is 14.1. The highest BCUT2D eigenvalue weighted by Gasteiger charge is 2.27. The Labute approximate surface area is 473 Å². The molecular formula is C67H115NO8P+. The number of hydrogen-bond acceptors (Lipinski definition) is 7. The van der Waals surface area contributed by atoms with Gasteiger partial charge < -0.3 is 18.9 Å². The number of carbonyl (C=O) groups excluding carboxylic acids is 2. The second-order valence-electron chi connectivity index (χ2n) is 21.4. The molecule has 0 aromatic heterocycles. The highest BCUT2D eigenvalue weighted by molar-refractivity contribution is 7.47. The molecule has 9 nitrogen and oxygen atoms in total. The molecule has 1 N–H and O–H groups in total. The highest BCUT2D eigenvalue weighted by atomic mass is 31.2. The number of phosphoric ester groups is 1. The van der Waals surface area contributed by atoms with E-state index in [1.54, 1.807) is 0 Å². The average Bonchev–Trinajstić information content (AvgIpc) is 3.39. The van der Waals surface area contributed by atoms with Crippen LogP contribution in [-0.4, -0.2) is 74.9 Å². The Morgan fingerprint density at radius 3 is 1.12 bits per heavy atom. The topological polar surface area (TPSA) is 108 Å². The Hall–Kier alpha value is -3.59. The number of phosphoric acid groups is 1. The molecule has 0 aromatic carbocycles. The third-order valence-corrected chi connectivity index (χ3v) is 13.7. The Morgan fingerprint density at radius 2 is 0.740 bits per heavy atom. The second-order valence-corrected chi connectivity index (χ2v) is 22.8. The van der Waals surface area contributed by atoms with Gasteiger partial charge in [-0.15, -0.1) is 0 Å². The van der Waals surface area contributed by atoms with E-state index in [4.69, 9.17) is 18.5 Å². The van der Waals surface area contributed by atoms with Crippen molar-refractivity contribution in [1.82, 2.24) is 0 Å². The Kier molecular flexibility index (Phi) is 54.4. The standard InChI is InChI=1S/C67H114NO8P/c1-6-8-10-12-14-16-18-20-22-24-25-26-27-28-29-30-31-32-33-34-35-36-37-38-39-40-41-42-43-44-46-48-50-52-54-56-58-60-67(70)76-65(64-75-77(71,72)74-62-61-68(3,4)5)63-73-66(69)59-57-55-53-51-49-47-45-23-21-19-17-15-13-11-9-7-2/h8,10,14,16,20,22-23,25-26,28-29,31-32,34-35,37-38,40-41,45,65H,6-7,9,11-13,15,17-19,21,24,27,30,33,36,39,42-44,46-64H2,1-5H3/p+1/b10-8-,16-14-,22-20-,26-25-,29-28-,32-31-,35-34-,38-37-,41-40-,45-23-. The van der Waals surface area contributed by atoms with E-state index >= 15 is 0 Å². The van der Waals surface area contributed by atoms with Gasteiger partial charge in [0.05, 0.1) is 27.7 Å². The van der Waals surface area contributed by atoms with Gasteiger partial charge in [0, 0.05) is 12.8 Å². The summed E-state index contributed by atoms with van der Waals surface area (Å²) in [6.07, 6.45) is 81.3. The highest BCUT2D eigenvalue weighted by Crippen LogP contribution is 2.43. The van der Waals surface area contributed by atoms with E-state index in [9.17, 15) is 19.0 Å². The van der Waals surface area contributed by atoms with Crippen LogP contribution in [0.3, 0.4) is 0 Å². The zero-order valence-corrected chi connectivity index (χ0v) is 50.8. The number of hydrogen-bond donors (Lipinski definition) is 1. The smallest absolute Gasteiger partial charge is 0.462 e. The number of carbonyl (C=O) groups is 2. The minimum Gasteiger partial charge on any atom is -0.462 e. The zero-order valence-electron chi connectivity index (χ0n) is 49.9. The summed E-state index contributed by atoms with van der Waals surface area (Å²) in [5.74, 6) is -0.818. The van der Waals surface area contributed by atoms with Crippen LogP contribution in [0, 0.1) is 0 Å². The first kappa shape index (κ1) is 73.4. The Bertz CT molecular complexity index is 1710. The van der Waals surface area contributed by atoms with E-state index in [0.717, 1.165) is 122 Å². The molecule has 0 saturated heterocycles. The summed E-state index contributed by atoms with van der Waals surface area (Å²) in [6.45, 7) is 4.29. The fourth-order valence-electron chi connectivity index (χ4n) is 8.00. The molecule has 2 atom stereocenters. The van der Waals surface area contributed by atoms with E-state index in [1.807, 2.05) is 21.1 Å². The molecular weight excluding hydrogens is 978 g/mol. The number of ether oxygens (including phenoxy) is 2. The third kappa shape index (κ3) is 61.5. The molecule has 0 spiro atoms. The van der Waals surface area contributed by atoms with Gasteiger partial charge in [0.1, 0.15) is 19.8 Å². The average molecular weight is 1090 g/mol. The molecule has 0 aliphatic heterocycles. The molecule has 0 rings (SSSR count). The van der Waals surface area contributed by atoms with Crippen LogP contribution in [0.15, 0.2) is 122 Å². The van der Waals surface area contributed by atoms with Crippen LogP contribution >= 0.6 is 7.82 Å². The second kappa shape index (κ2) is 57.1. The maximum absolute atomic E-state index is 12.8.